The molecule has 1 aliphatic carbocycles. The van der Waals surface area contributed by atoms with Crippen LogP contribution in [0.1, 0.15) is 43.6 Å². The summed E-state index contributed by atoms with van der Waals surface area (Å²) in [4.78, 5) is 13.5. The van der Waals surface area contributed by atoms with Crippen molar-refractivity contribution in [1.29, 1.82) is 0 Å². The smallest absolute Gasteiger partial charge is 0.267 e. The molecule has 3 aromatic carbocycles. The van der Waals surface area contributed by atoms with Crippen LogP contribution in [0.3, 0.4) is 0 Å². The third-order valence-electron chi connectivity index (χ3n) is 6.98. The lowest BCUT2D eigenvalue weighted by molar-refractivity contribution is -0.117. The van der Waals surface area contributed by atoms with Crippen LogP contribution < -0.4 is 19.1 Å². The SMILES string of the molecule is COc1ccc([C@H]2CC(=O)N(c3cccc(NS(=O)(=O)c4c(F)cccc4F)c3)C2)cc1OC1CCCC1. The molecule has 0 bridgehead atoms. The van der Waals surface area contributed by atoms with Gasteiger partial charge in [-0.1, -0.05) is 18.2 Å². The number of ether oxygens (including phenoxy) is 2. The van der Waals surface area contributed by atoms with E-state index >= 15 is 0 Å². The molecule has 1 saturated carbocycles. The van der Waals surface area contributed by atoms with E-state index in [0.29, 0.717) is 23.7 Å². The van der Waals surface area contributed by atoms with E-state index in [1.165, 1.54) is 12.1 Å². The Hall–Kier alpha value is -3.66. The maximum absolute atomic E-state index is 14.1. The number of methoxy groups -OCH3 is 1. The molecule has 1 N–H and O–H groups in total. The topological polar surface area (TPSA) is 84.9 Å². The number of carbonyl (C=O) groups excluding carboxylic acids is 1. The Kier molecular flexibility index (Phi) is 7.25. The Morgan fingerprint density at radius 2 is 1.66 bits per heavy atom. The molecular weight excluding hydrogens is 514 g/mol. The number of nitrogens with zero attached hydrogens (tertiary/aromatic N) is 1. The second kappa shape index (κ2) is 10.6. The van der Waals surface area contributed by atoms with Gasteiger partial charge in [0.1, 0.15) is 11.6 Å². The predicted molar refractivity (Wildman–Crippen MR) is 139 cm³/mol. The number of hydrogen-bond donors (Lipinski definition) is 1. The Balaban J connectivity index is 1.35. The van der Waals surface area contributed by atoms with E-state index in [1.54, 1.807) is 24.1 Å². The molecule has 7 nitrogen and oxygen atoms in total. The minimum absolute atomic E-state index is 0.0816. The van der Waals surface area contributed by atoms with Crippen molar-refractivity contribution in [2.45, 2.75) is 49.0 Å². The Morgan fingerprint density at radius 3 is 2.37 bits per heavy atom. The van der Waals surface area contributed by atoms with Gasteiger partial charge in [0.25, 0.3) is 10.0 Å². The molecule has 200 valence electrons. The zero-order chi connectivity index (χ0) is 26.9. The first-order valence-electron chi connectivity index (χ1n) is 12.5. The lowest BCUT2D eigenvalue weighted by Gasteiger charge is -2.20. The van der Waals surface area contributed by atoms with Crippen molar-refractivity contribution in [3.05, 3.63) is 77.9 Å². The summed E-state index contributed by atoms with van der Waals surface area (Å²) in [6.45, 7) is 0.381. The molecule has 1 amide bonds. The number of benzene rings is 3. The van der Waals surface area contributed by atoms with E-state index in [0.717, 1.165) is 49.4 Å². The molecule has 2 fully saturated rings. The molecule has 5 rings (SSSR count). The van der Waals surface area contributed by atoms with Gasteiger partial charge in [-0.2, -0.15) is 0 Å². The molecule has 0 radical (unpaired) electrons. The van der Waals surface area contributed by atoms with Gasteiger partial charge in [-0.15, -0.1) is 0 Å². The normalized spacial score (nSPS) is 18.1. The molecule has 0 spiro atoms. The molecule has 1 aliphatic heterocycles. The van der Waals surface area contributed by atoms with Crippen molar-refractivity contribution in [3.63, 3.8) is 0 Å². The summed E-state index contributed by atoms with van der Waals surface area (Å²) in [5.74, 6) is -1.30. The fraction of sp³-hybridized carbons (Fsp3) is 0.321. The molecule has 10 heteroatoms. The summed E-state index contributed by atoms with van der Waals surface area (Å²) in [5, 5.41) is 0. The summed E-state index contributed by atoms with van der Waals surface area (Å²) >= 11 is 0. The van der Waals surface area contributed by atoms with Crippen molar-refractivity contribution in [2.75, 3.05) is 23.3 Å². The number of halogens is 2. The van der Waals surface area contributed by atoms with Crippen molar-refractivity contribution in [1.82, 2.24) is 0 Å². The maximum atomic E-state index is 14.1. The highest BCUT2D eigenvalue weighted by atomic mass is 32.2. The molecule has 0 aromatic heterocycles. The van der Waals surface area contributed by atoms with E-state index in [-0.39, 0.29) is 30.0 Å². The van der Waals surface area contributed by atoms with Crippen LogP contribution in [0.4, 0.5) is 20.2 Å². The summed E-state index contributed by atoms with van der Waals surface area (Å²) in [7, 11) is -2.94. The summed E-state index contributed by atoms with van der Waals surface area (Å²) < 4.78 is 67.5. The van der Waals surface area contributed by atoms with Gasteiger partial charge in [-0.25, -0.2) is 17.2 Å². The fourth-order valence-electron chi connectivity index (χ4n) is 5.09. The Morgan fingerprint density at radius 1 is 0.947 bits per heavy atom. The maximum Gasteiger partial charge on any atom is 0.267 e. The first-order valence-corrected chi connectivity index (χ1v) is 14.0. The summed E-state index contributed by atoms with van der Waals surface area (Å²) in [6, 6.07) is 14.7. The van der Waals surface area contributed by atoms with Gasteiger partial charge in [-0.05, 0) is 73.7 Å². The number of hydrogen-bond acceptors (Lipinski definition) is 5. The molecule has 0 unspecified atom stereocenters. The quantitative estimate of drug-likeness (QED) is 0.400. The number of nitrogens with one attached hydrogen (secondary N) is 1. The fourth-order valence-corrected chi connectivity index (χ4v) is 6.28. The molecule has 2 aliphatic rings. The van der Waals surface area contributed by atoms with Crippen molar-refractivity contribution < 1.29 is 31.5 Å². The monoisotopic (exact) mass is 542 g/mol. The van der Waals surface area contributed by atoms with Crippen molar-refractivity contribution in [3.8, 4) is 11.5 Å². The lowest BCUT2D eigenvalue weighted by atomic mass is 9.98. The van der Waals surface area contributed by atoms with E-state index < -0.39 is 26.6 Å². The summed E-state index contributed by atoms with van der Waals surface area (Å²) in [5.41, 5.74) is 1.50. The number of carbonyl (C=O) groups is 1. The van der Waals surface area contributed by atoms with Gasteiger partial charge < -0.3 is 14.4 Å². The van der Waals surface area contributed by atoms with Gasteiger partial charge >= 0.3 is 0 Å². The minimum Gasteiger partial charge on any atom is -0.493 e. The predicted octanol–water partition coefficient (Wildman–Crippen LogP) is 5.62. The molecule has 1 saturated heterocycles. The second-order valence-corrected chi connectivity index (χ2v) is 11.2. The van der Waals surface area contributed by atoms with Gasteiger partial charge in [-0.3, -0.25) is 9.52 Å². The zero-order valence-corrected chi connectivity index (χ0v) is 21.6. The van der Waals surface area contributed by atoms with Crippen LogP contribution >= 0.6 is 0 Å². The van der Waals surface area contributed by atoms with Crippen molar-refractivity contribution in [2.24, 2.45) is 0 Å². The molecule has 38 heavy (non-hydrogen) atoms. The Labute approximate surface area is 220 Å². The lowest BCUT2D eigenvalue weighted by Crippen LogP contribution is -2.24. The van der Waals surface area contributed by atoms with Crippen LogP contribution in [0.2, 0.25) is 0 Å². The average molecular weight is 543 g/mol. The minimum atomic E-state index is -4.53. The van der Waals surface area contributed by atoms with Crippen molar-refractivity contribution >= 4 is 27.3 Å². The van der Waals surface area contributed by atoms with Crippen LogP contribution in [-0.2, 0) is 14.8 Å². The zero-order valence-electron chi connectivity index (χ0n) is 20.8. The first kappa shape index (κ1) is 26.0. The van der Waals surface area contributed by atoms with Crippen LogP contribution in [0.15, 0.2) is 65.6 Å². The van der Waals surface area contributed by atoms with Gasteiger partial charge in [0.05, 0.1) is 18.9 Å². The standard InChI is InChI=1S/C28H28F2N2O5S/c1-36-25-13-12-18(14-26(25)37-22-8-2-3-9-22)19-15-27(33)32(17-19)21-7-4-6-20(16-21)31-38(34,35)28-23(29)10-5-11-24(28)30/h4-7,10-14,16,19,22,31H,2-3,8-9,15,17H2,1H3/t19-/m0/s1. The van der Waals surface area contributed by atoms with Crippen LogP contribution in [0.25, 0.3) is 0 Å². The average Bonchev–Trinajstić information content (AvgIpc) is 3.53. The molecule has 3 aromatic rings. The van der Waals surface area contributed by atoms with Gasteiger partial charge in [0.2, 0.25) is 5.91 Å². The van der Waals surface area contributed by atoms with Gasteiger partial charge in [0.15, 0.2) is 16.4 Å². The number of sulfonamides is 1. The number of amides is 1. The second-order valence-electron chi connectivity index (χ2n) is 9.55. The van der Waals surface area contributed by atoms with E-state index in [9.17, 15) is 22.0 Å². The molecular formula is C28H28F2N2O5S. The van der Waals surface area contributed by atoms with E-state index in [2.05, 4.69) is 4.72 Å². The van der Waals surface area contributed by atoms with Crippen LogP contribution in [0.5, 0.6) is 11.5 Å². The molecule has 1 atom stereocenters. The van der Waals surface area contributed by atoms with Crippen LogP contribution in [0, 0.1) is 11.6 Å². The van der Waals surface area contributed by atoms with E-state index in [4.69, 9.17) is 9.47 Å². The first-order chi connectivity index (χ1) is 18.2. The highest BCUT2D eigenvalue weighted by molar-refractivity contribution is 7.92. The largest absolute Gasteiger partial charge is 0.493 e. The third-order valence-corrected chi connectivity index (χ3v) is 8.41. The van der Waals surface area contributed by atoms with E-state index in [1.807, 2.05) is 18.2 Å². The molecule has 1 heterocycles. The van der Waals surface area contributed by atoms with Gasteiger partial charge in [0, 0.05) is 24.6 Å². The number of rotatable bonds is 8. The highest BCUT2D eigenvalue weighted by Crippen LogP contribution is 2.38. The Bertz CT molecular complexity index is 1440. The highest BCUT2D eigenvalue weighted by Gasteiger charge is 2.33. The van der Waals surface area contributed by atoms with Crippen LogP contribution in [-0.4, -0.2) is 34.1 Å². The number of anilines is 2. The third kappa shape index (κ3) is 5.31. The summed E-state index contributed by atoms with van der Waals surface area (Å²) in [6.07, 6.45) is 4.72.